The van der Waals surface area contributed by atoms with Gasteiger partial charge in [-0.1, -0.05) is 56.5 Å². The van der Waals surface area contributed by atoms with E-state index in [1.165, 1.54) is 24.8 Å². The van der Waals surface area contributed by atoms with Crippen LogP contribution in [0.4, 0.5) is 4.79 Å². The number of urea groups is 1. The molecule has 0 fully saturated rings. The predicted molar refractivity (Wildman–Crippen MR) is 88.4 cm³/mol. The van der Waals surface area contributed by atoms with E-state index in [1.807, 2.05) is 6.07 Å². The second-order valence-electron chi connectivity index (χ2n) is 5.54. The lowest BCUT2D eigenvalue weighted by Gasteiger charge is -2.20. The van der Waals surface area contributed by atoms with Gasteiger partial charge in [-0.3, -0.25) is 0 Å². The molecule has 0 radical (unpaired) electrons. The molecule has 1 atom stereocenters. The second-order valence-corrected chi connectivity index (χ2v) is 5.54. The van der Waals surface area contributed by atoms with Gasteiger partial charge in [0.05, 0.1) is 0 Å². The second kappa shape index (κ2) is 10.2. The molecule has 118 valence electrons. The van der Waals surface area contributed by atoms with Gasteiger partial charge in [-0.15, -0.1) is 0 Å². The molecule has 0 aliphatic carbocycles. The van der Waals surface area contributed by atoms with E-state index in [1.54, 1.807) is 19.0 Å². The fraction of sp³-hybridized carbons (Fsp3) is 0.588. The maximum absolute atomic E-state index is 11.5. The zero-order valence-electron chi connectivity index (χ0n) is 13.6. The van der Waals surface area contributed by atoms with Crippen molar-refractivity contribution in [1.82, 2.24) is 15.5 Å². The lowest BCUT2D eigenvalue weighted by atomic mass is 10.0. The third-order valence-electron chi connectivity index (χ3n) is 3.50. The Bertz CT molecular complexity index is 392. The fourth-order valence-corrected chi connectivity index (χ4v) is 2.24. The lowest BCUT2D eigenvalue weighted by molar-refractivity contribution is 0.217. The topological polar surface area (TPSA) is 44.4 Å². The quantitative estimate of drug-likeness (QED) is 0.686. The Morgan fingerprint density at radius 1 is 1.14 bits per heavy atom. The van der Waals surface area contributed by atoms with Crippen LogP contribution in [0.5, 0.6) is 0 Å². The summed E-state index contributed by atoms with van der Waals surface area (Å²) in [6.45, 7) is 3.65. The summed E-state index contributed by atoms with van der Waals surface area (Å²) in [5.74, 6) is 0. The van der Waals surface area contributed by atoms with Crippen LogP contribution in [0.15, 0.2) is 30.3 Å². The first-order valence-corrected chi connectivity index (χ1v) is 7.88. The Morgan fingerprint density at radius 2 is 1.86 bits per heavy atom. The third-order valence-corrected chi connectivity index (χ3v) is 3.50. The van der Waals surface area contributed by atoms with Crippen LogP contribution in [-0.4, -0.2) is 38.1 Å². The minimum absolute atomic E-state index is 0.0426. The first kappa shape index (κ1) is 17.5. The molecule has 0 heterocycles. The van der Waals surface area contributed by atoms with Crippen molar-refractivity contribution in [2.75, 3.05) is 27.2 Å². The van der Waals surface area contributed by atoms with Gasteiger partial charge in [0.1, 0.15) is 0 Å². The van der Waals surface area contributed by atoms with E-state index < -0.39 is 0 Å². The molecule has 0 aromatic heterocycles. The van der Waals surface area contributed by atoms with Crippen molar-refractivity contribution in [3.63, 3.8) is 0 Å². The van der Waals surface area contributed by atoms with E-state index in [2.05, 4.69) is 41.8 Å². The molecule has 0 saturated carbocycles. The number of benzene rings is 1. The zero-order chi connectivity index (χ0) is 15.5. The van der Waals surface area contributed by atoms with Gasteiger partial charge in [0.15, 0.2) is 0 Å². The molecule has 1 unspecified atom stereocenters. The third kappa shape index (κ3) is 7.14. The SMILES string of the molecule is CCCCCC(NCCNC(=O)N(C)C)c1ccccc1. The molecule has 2 N–H and O–H groups in total. The highest BCUT2D eigenvalue weighted by Gasteiger charge is 2.10. The van der Waals surface area contributed by atoms with E-state index in [-0.39, 0.29) is 6.03 Å². The summed E-state index contributed by atoms with van der Waals surface area (Å²) in [7, 11) is 3.50. The van der Waals surface area contributed by atoms with Gasteiger partial charge in [-0.05, 0) is 12.0 Å². The van der Waals surface area contributed by atoms with Crippen molar-refractivity contribution in [1.29, 1.82) is 0 Å². The number of amides is 2. The minimum Gasteiger partial charge on any atom is -0.337 e. The van der Waals surface area contributed by atoms with Crippen LogP contribution >= 0.6 is 0 Å². The van der Waals surface area contributed by atoms with E-state index in [0.717, 1.165) is 13.0 Å². The summed E-state index contributed by atoms with van der Waals surface area (Å²) in [6, 6.07) is 10.9. The summed E-state index contributed by atoms with van der Waals surface area (Å²) in [5.41, 5.74) is 1.33. The van der Waals surface area contributed by atoms with Crippen LogP contribution in [-0.2, 0) is 0 Å². The maximum Gasteiger partial charge on any atom is 0.316 e. The Labute approximate surface area is 128 Å². The van der Waals surface area contributed by atoms with Crippen LogP contribution in [0, 0.1) is 0 Å². The number of carbonyl (C=O) groups excluding carboxylic acids is 1. The minimum atomic E-state index is -0.0426. The van der Waals surface area contributed by atoms with Gasteiger partial charge in [-0.2, -0.15) is 0 Å². The molecule has 1 rings (SSSR count). The lowest BCUT2D eigenvalue weighted by Crippen LogP contribution is -2.39. The average Bonchev–Trinajstić information content (AvgIpc) is 2.50. The van der Waals surface area contributed by atoms with Crippen LogP contribution in [0.3, 0.4) is 0 Å². The summed E-state index contributed by atoms with van der Waals surface area (Å²) in [5, 5.41) is 6.44. The van der Waals surface area contributed by atoms with Gasteiger partial charge < -0.3 is 15.5 Å². The van der Waals surface area contributed by atoms with Crippen molar-refractivity contribution < 1.29 is 4.79 Å². The van der Waals surface area contributed by atoms with Gasteiger partial charge >= 0.3 is 6.03 Å². The molecule has 4 heteroatoms. The largest absolute Gasteiger partial charge is 0.337 e. The maximum atomic E-state index is 11.5. The van der Waals surface area contributed by atoms with Gasteiger partial charge in [0.25, 0.3) is 0 Å². The molecule has 0 spiro atoms. The Balaban J connectivity index is 2.40. The predicted octanol–water partition coefficient (Wildman–Crippen LogP) is 3.17. The Morgan fingerprint density at radius 3 is 2.48 bits per heavy atom. The van der Waals surface area contributed by atoms with Crippen molar-refractivity contribution in [3.8, 4) is 0 Å². The first-order chi connectivity index (χ1) is 10.1. The first-order valence-electron chi connectivity index (χ1n) is 7.88. The highest BCUT2D eigenvalue weighted by atomic mass is 16.2. The summed E-state index contributed by atoms with van der Waals surface area (Å²) >= 11 is 0. The number of rotatable bonds is 9. The highest BCUT2D eigenvalue weighted by Crippen LogP contribution is 2.19. The van der Waals surface area contributed by atoms with Crippen molar-refractivity contribution in [3.05, 3.63) is 35.9 Å². The van der Waals surface area contributed by atoms with E-state index in [9.17, 15) is 4.79 Å². The van der Waals surface area contributed by atoms with Gasteiger partial charge in [-0.25, -0.2) is 4.79 Å². The number of hydrogen-bond acceptors (Lipinski definition) is 2. The molecule has 0 aliphatic heterocycles. The summed E-state index contributed by atoms with van der Waals surface area (Å²) < 4.78 is 0. The normalized spacial score (nSPS) is 12.0. The Kier molecular flexibility index (Phi) is 8.51. The fourth-order valence-electron chi connectivity index (χ4n) is 2.24. The smallest absolute Gasteiger partial charge is 0.316 e. The van der Waals surface area contributed by atoms with E-state index >= 15 is 0 Å². The molecule has 2 amide bonds. The summed E-state index contributed by atoms with van der Waals surface area (Å²) in [4.78, 5) is 13.0. The molecule has 0 aliphatic rings. The Hall–Kier alpha value is -1.55. The molecule has 0 bridgehead atoms. The van der Waals surface area contributed by atoms with Crippen LogP contribution in [0.25, 0.3) is 0 Å². The standard InChI is InChI=1S/C17H29N3O/c1-4-5-7-12-16(15-10-8-6-9-11-15)18-13-14-19-17(21)20(2)3/h6,8-11,16,18H,4-5,7,12-14H2,1-3H3,(H,19,21). The molecule has 0 saturated heterocycles. The number of carbonyl (C=O) groups is 1. The van der Waals surface area contributed by atoms with Crippen LogP contribution in [0.2, 0.25) is 0 Å². The van der Waals surface area contributed by atoms with Crippen LogP contribution < -0.4 is 10.6 Å². The number of hydrogen-bond donors (Lipinski definition) is 2. The van der Waals surface area contributed by atoms with Crippen molar-refractivity contribution in [2.45, 2.75) is 38.6 Å². The molecule has 1 aromatic carbocycles. The van der Waals surface area contributed by atoms with Crippen molar-refractivity contribution in [2.24, 2.45) is 0 Å². The van der Waals surface area contributed by atoms with Gasteiger partial charge in [0, 0.05) is 33.2 Å². The van der Waals surface area contributed by atoms with E-state index in [4.69, 9.17) is 0 Å². The highest BCUT2D eigenvalue weighted by molar-refractivity contribution is 5.73. The van der Waals surface area contributed by atoms with Crippen molar-refractivity contribution >= 4 is 6.03 Å². The zero-order valence-corrected chi connectivity index (χ0v) is 13.6. The molecule has 21 heavy (non-hydrogen) atoms. The van der Waals surface area contributed by atoms with Crippen LogP contribution in [0.1, 0.15) is 44.2 Å². The van der Waals surface area contributed by atoms with E-state index in [0.29, 0.717) is 12.6 Å². The average molecular weight is 291 g/mol. The number of nitrogens with zero attached hydrogens (tertiary/aromatic N) is 1. The number of nitrogens with one attached hydrogen (secondary N) is 2. The monoisotopic (exact) mass is 291 g/mol. The summed E-state index contributed by atoms with van der Waals surface area (Å²) in [6.07, 6.45) is 4.87. The molecule has 4 nitrogen and oxygen atoms in total. The van der Waals surface area contributed by atoms with Gasteiger partial charge in [0.2, 0.25) is 0 Å². The number of unbranched alkanes of at least 4 members (excludes halogenated alkanes) is 2. The molecular formula is C17H29N3O. The molecule has 1 aromatic rings. The molecular weight excluding hydrogens is 262 g/mol.